The van der Waals surface area contributed by atoms with Crippen LogP contribution in [0.2, 0.25) is 0 Å². The smallest absolute Gasteiger partial charge is 0.361 e. The fraction of sp³-hybridized carbons (Fsp3) is 0.133. The molecule has 0 saturated carbocycles. The maximum Gasteiger partial charge on any atom is 0.361 e. The summed E-state index contributed by atoms with van der Waals surface area (Å²) < 4.78 is 24.6. The van der Waals surface area contributed by atoms with Gasteiger partial charge in [-0.3, -0.25) is 9.55 Å². The van der Waals surface area contributed by atoms with Gasteiger partial charge in [0.2, 0.25) is 0 Å². The van der Waals surface area contributed by atoms with Crippen molar-refractivity contribution in [1.82, 2.24) is 9.97 Å². The molecular weight excluding hydrogens is 497 g/mol. The van der Waals surface area contributed by atoms with Gasteiger partial charge in [0.25, 0.3) is 0 Å². The van der Waals surface area contributed by atoms with Crippen LogP contribution in [0.3, 0.4) is 0 Å². The van der Waals surface area contributed by atoms with Crippen molar-refractivity contribution in [1.29, 1.82) is 0 Å². The number of pyridine rings is 1. The van der Waals surface area contributed by atoms with Crippen molar-refractivity contribution < 1.29 is 18.7 Å². The average molecular weight is 526 g/mol. The second-order valence-electron chi connectivity index (χ2n) is 8.50. The van der Waals surface area contributed by atoms with Gasteiger partial charge in [0.15, 0.2) is 5.88 Å². The molecule has 38 heavy (non-hydrogen) atoms. The molecule has 5 rings (SSSR count). The predicted molar refractivity (Wildman–Crippen MR) is 152 cm³/mol. The van der Waals surface area contributed by atoms with Gasteiger partial charge in [-0.15, -0.1) is 0 Å². The van der Waals surface area contributed by atoms with Gasteiger partial charge < -0.3 is 19.1 Å². The van der Waals surface area contributed by atoms with Crippen LogP contribution in [-0.2, 0) is 13.6 Å². The van der Waals surface area contributed by atoms with Crippen molar-refractivity contribution in [3.8, 4) is 17.1 Å². The van der Waals surface area contributed by atoms with E-state index in [9.17, 15) is 9.67 Å². The van der Waals surface area contributed by atoms with E-state index < -0.39 is 7.60 Å². The van der Waals surface area contributed by atoms with E-state index in [0.717, 1.165) is 16.8 Å². The largest absolute Gasteiger partial charge is 0.494 e. The van der Waals surface area contributed by atoms with Crippen LogP contribution in [0.1, 0.15) is 25.0 Å². The molecule has 2 N–H and O–H groups in total. The molecule has 5 aromatic rings. The number of nitrogens with zero attached hydrogens (tertiary/aromatic N) is 2. The van der Waals surface area contributed by atoms with E-state index in [2.05, 4.69) is 9.97 Å². The summed E-state index contributed by atoms with van der Waals surface area (Å²) >= 11 is 0. The first-order valence-corrected chi connectivity index (χ1v) is 14.0. The second kappa shape index (κ2) is 11.2. The fourth-order valence-corrected chi connectivity index (χ4v) is 5.93. The van der Waals surface area contributed by atoms with Crippen molar-refractivity contribution in [2.24, 2.45) is 4.99 Å². The number of hydrogen-bond donors (Lipinski definition) is 2. The standard InChI is InChI=1S/C30H28N3O4P/c1-3-36-38(35,37-4-2)24-17-18-27-25(20-24)28(30(34)33-27)29(22-10-6-5-7-11-22)32-23-15-13-21(14-16-23)26-12-8-9-19-31-26/h5-20,33-34H,3-4H2,1-2H3. The quantitative estimate of drug-likeness (QED) is 0.160. The molecular formula is C30H28N3O4P. The van der Waals surface area contributed by atoms with Crippen LogP contribution in [0.25, 0.3) is 22.2 Å². The second-order valence-corrected chi connectivity index (χ2v) is 10.5. The maximum absolute atomic E-state index is 13.5. The van der Waals surface area contributed by atoms with Crippen molar-refractivity contribution >= 4 is 35.2 Å². The first-order chi connectivity index (χ1) is 18.5. The number of H-pyrrole nitrogens is 1. The minimum absolute atomic E-state index is 0.0347. The summed E-state index contributed by atoms with van der Waals surface area (Å²) in [6.07, 6.45) is 1.76. The van der Waals surface area contributed by atoms with Crippen LogP contribution in [0, 0.1) is 0 Å². The lowest BCUT2D eigenvalue weighted by molar-refractivity contribution is 0.230. The molecule has 8 heteroatoms. The Morgan fingerprint density at radius 2 is 1.63 bits per heavy atom. The molecule has 0 bridgehead atoms. The van der Waals surface area contributed by atoms with E-state index in [1.807, 2.05) is 72.8 Å². The molecule has 0 aliphatic rings. The normalized spacial score (nSPS) is 12.2. The van der Waals surface area contributed by atoms with Crippen molar-refractivity contribution in [2.45, 2.75) is 13.8 Å². The summed E-state index contributed by atoms with van der Waals surface area (Å²) in [4.78, 5) is 12.4. The molecule has 2 aromatic heterocycles. The summed E-state index contributed by atoms with van der Waals surface area (Å²) in [6.45, 7) is 4.03. The van der Waals surface area contributed by atoms with Gasteiger partial charge in [-0.05, 0) is 56.3 Å². The zero-order valence-electron chi connectivity index (χ0n) is 21.2. The number of rotatable bonds is 9. The molecule has 0 atom stereocenters. The molecule has 192 valence electrons. The monoisotopic (exact) mass is 525 g/mol. The average Bonchev–Trinajstić information content (AvgIpc) is 3.28. The Labute approximate surface area is 221 Å². The van der Waals surface area contributed by atoms with Crippen molar-refractivity contribution in [3.63, 3.8) is 0 Å². The molecule has 0 fully saturated rings. The van der Waals surface area contributed by atoms with E-state index in [1.54, 1.807) is 38.2 Å². The highest BCUT2D eigenvalue weighted by Crippen LogP contribution is 2.47. The Morgan fingerprint density at radius 1 is 0.921 bits per heavy atom. The Balaban J connectivity index is 1.66. The third-order valence-corrected chi connectivity index (χ3v) is 8.14. The Bertz CT molecular complexity index is 1600. The fourth-order valence-electron chi connectivity index (χ4n) is 4.33. The molecule has 7 nitrogen and oxygen atoms in total. The van der Waals surface area contributed by atoms with Gasteiger partial charge in [0, 0.05) is 28.2 Å². The lowest BCUT2D eigenvalue weighted by Crippen LogP contribution is -2.11. The Hall–Kier alpha value is -4.03. The zero-order valence-corrected chi connectivity index (χ0v) is 22.1. The minimum atomic E-state index is -3.53. The summed E-state index contributed by atoms with van der Waals surface area (Å²) in [5, 5.41) is 12.1. The number of hydrogen-bond acceptors (Lipinski definition) is 6. The van der Waals surface area contributed by atoms with E-state index in [1.165, 1.54) is 0 Å². The van der Waals surface area contributed by atoms with Gasteiger partial charge in [0.05, 0.1) is 41.2 Å². The van der Waals surface area contributed by atoms with Gasteiger partial charge in [-0.1, -0.05) is 48.5 Å². The van der Waals surface area contributed by atoms with Gasteiger partial charge in [0.1, 0.15) is 0 Å². The summed E-state index contributed by atoms with van der Waals surface area (Å²) in [7, 11) is -3.53. The predicted octanol–water partition coefficient (Wildman–Crippen LogP) is 7.00. The lowest BCUT2D eigenvalue weighted by atomic mass is 10.0. The number of benzene rings is 3. The van der Waals surface area contributed by atoms with Crippen LogP contribution in [0.5, 0.6) is 5.88 Å². The molecule has 0 spiro atoms. The van der Waals surface area contributed by atoms with Gasteiger partial charge >= 0.3 is 7.60 Å². The number of nitrogens with one attached hydrogen (secondary N) is 1. The topological polar surface area (TPSA) is 96.8 Å². The Kier molecular flexibility index (Phi) is 7.52. The van der Waals surface area contributed by atoms with Crippen LogP contribution >= 0.6 is 7.60 Å². The van der Waals surface area contributed by atoms with Crippen LogP contribution in [-0.4, -0.2) is 34.0 Å². The van der Waals surface area contributed by atoms with Crippen LogP contribution in [0.4, 0.5) is 5.69 Å². The maximum atomic E-state index is 13.5. The summed E-state index contributed by atoms with van der Waals surface area (Å²) in [5.74, 6) is -0.0347. The zero-order chi connectivity index (χ0) is 26.5. The molecule has 3 aromatic carbocycles. The molecule has 0 aliphatic heterocycles. The molecule has 0 radical (unpaired) electrons. The SMILES string of the molecule is CCOP(=O)(OCC)c1ccc2[nH]c(O)c(C(=Nc3ccc(-c4ccccn4)cc3)c3ccccc3)c2c1. The number of aromatic hydroxyl groups is 1. The third kappa shape index (κ3) is 5.18. The summed E-state index contributed by atoms with van der Waals surface area (Å²) in [5.41, 5.74) is 5.13. The van der Waals surface area contributed by atoms with E-state index in [0.29, 0.717) is 33.2 Å². The molecule has 0 unspecified atom stereocenters. The molecule has 0 saturated heterocycles. The number of aromatic nitrogens is 2. The first-order valence-electron chi connectivity index (χ1n) is 12.4. The van der Waals surface area contributed by atoms with E-state index >= 15 is 0 Å². The van der Waals surface area contributed by atoms with E-state index in [-0.39, 0.29) is 19.1 Å². The number of aromatic amines is 1. The highest BCUT2D eigenvalue weighted by atomic mass is 31.2. The van der Waals surface area contributed by atoms with Crippen LogP contribution in [0.15, 0.2) is 102 Å². The molecule has 0 aliphatic carbocycles. The third-order valence-electron chi connectivity index (χ3n) is 6.03. The number of aliphatic imine (C=N–C) groups is 1. The first kappa shape index (κ1) is 25.6. The lowest BCUT2D eigenvalue weighted by Gasteiger charge is -2.17. The highest BCUT2D eigenvalue weighted by Gasteiger charge is 2.28. The van der Waals surface area contributed by atoms with Crippen molar-refractivity contribution in [2.75, 3.05) is 13.2 Å². The van der Waals surface area contributed by atoms with Gasteiger partial charge in [-0.2, -0.15) is 0 Å². The van der Waals surface area contributed by atoms with Crippen molar-refractivity contribution in [3.05, 3.63) is 108 Å². The number of fused-ring (bicyclic) bond motifs is 1. The molecule has 0 amide bonds. The van der Waals surface area contributed by atoms with Gasteiger partial charge in [-0.25, -0.2) is 4.99 Å². The molecule has 2 heterocycles. The van der Waals surface area contributed by atoms with E-state index in [4.69, 9.17) is 14.0 Å². The summed E-state index contributed by atoms with van der Waals surface area (Å²) in [6, 6.07) is 28.4. The highest BCUT2D eigenvalue weighted by molar-refractivity contribution is 7.62. The minimum Gasteiger partial charge on any atom is -0.494 e. The van der Waals surface area contributed by atoms with Crippen LogP contribution < -0.4 is 5.30 Å². The Morgan fingerprint density at radius 3 is 2.29 bits per heavy atom.